The maximum absolute atomic E-state index is 13.4. The first-order valence-corrected chi connectivity index (χ1v) is 10.2. The van der Waals surface area contributed by atoms with E-state index in [0.717, 1.165) is 5.69 Å². The molecule has 31 heavy (non-hydrogen) atoms. The minimum atomic E-state index is -0.348. The largest absolute Gasteiger partial charge is 0.308 e. The molecule has 0 radical (unpaired) electrons. The van der Waals surface area contributed by atoms with Crippen LogP contribution in [0.2, 0.25) is 0 Å². The molecule has 0 fully saturated rings. The van der Waals surface area contributed by atoms with Gasteiger partial charge in [0.15, 0.2) is 10.9 Å². The number of nitrogens with zero attached hydrogens (tertiary/aromatic N) is 5. The maximum Gasteiger partial charge on any atom is 0.262 e. The zero-order chi connectivity index (χ0) is 21.2. The highest BCUT2D eigenvalue weighted by molar-refractivity contribution is 7.14. The van der Waals surface area contributed by atoms with E-state index in [2.05, 4.69) is 20.4 Å². The summed E-state index contributed by atoms with van der Waals surface area (Å²) < 4.78 is 16.7. The van der Waals surface area contributed by atoms with Crippen LogP contribution in [-0.4, -0.2) is 30.2 Å². The fraction of sp³-hybridized carbons (Fsp3) is 0. The molecule has 9 heteroatoms. The van der Waals surface area contributed by atoms with E-state index in [1.165, 1.54) is 29.7 Å². The average molecular weight is 430 g/mol. The van der Waals surface area contributed by atoms with Crippen molar-refractivity contribution >= 4 is 22.4 Å². The number of thiazole rings is 1. The summed E-state index contributed by atoms with van der Waals surface area (Å²) in [5.74, 6) is -0.154. The van der Waals surface area contributed by atoms with Crippen molar-refractivity contribution in [2.45, 2.75) is 0 Å². The van der Waals surface area contributed by atoms with Crippen molar-refractivity contribution in [2.75, 3.05) is 5.32 Å². The third kappa shape index (κ3) is 3.74. The molecule has 0 spiro atoms. The summed E-state index contributed by atoms with van der Waals surface area (Å²) in [6, 6.07) is 15.2. The molecule has 7 nitrogen and oxygen atoms in total. The Hall–Kier alpha value is -4.11. The van der Waals surface area contributed by atoms with Gasteiger partial charge in [0, 0.05) is 24.0 Å². The van der Waals surface area contributed by atoms with Crippen molar-refractivity contribution < 1.29 is 9.18 Å². The van der Waals surface area contributed by atoms with Gasteiger partial charge in [0.2, 0.25) is 0 Å². The molecule has 1 N–H and O–H groups in total. The third-order valence-electron chi connectivity index (χ3n) is 4.56. The van der Waals surface area contributed by atoms with Gasteiger partial charge in [0.25, 0.3) is 5.91 Å². The number of carbonyl (C=O) groups excluding carboxylic acids is 1. The van der Waals surface area contributed by atoms with E-state index >= 15 is 0 Å². The maximum atomic E-state index is 13.4. The van der Waals surface area contributed by atoms with Crippen LogP contribution in [0.1, 0.15) is 10.4 Å². The number of benzene rings is 1. The molecule has 152 valence electrons. The first-order valence-electron chi connectivity index (χ1n) is 9.34. The Morgan fingerprint density at radius 2 is 1.81 bits per heavy atom. The Bertz CT molecular complexity index is 1330. The van der Waals surface area contributed by atoms with Gasteiger partial charge in [-0.2, -0.15) is 5.10 Å². The molecule has 1 amide bonds. The van der Waals surface area contributed by atoms with Gasteiger partial charge in [0.1, 0.15) is 17.1 Å². The number of nitrogens with one attached hydrogen (secondary N) is 1. The Balaban J connectivity index is 1.48. The smallest absolute Gasteiger partial charge is 0.262 e. The van der Waals surface area contributed by atoms with Crippen LogP contribution in [-0.2, 0) is 0 Å². The molecule has 1 aromatic carbocycles. The van der Waals surface area contributed by atoms with Crippen LogP contribution in [0, 0.1) is 5.82 Å². The molecule has 0 bridgehead atoms. The van der Waals surface area contributed by atoms with Gasteiger partial charge in [0.05, 0.1) is 17.6 Å². The molecule has 5 rings (SSSR count). The number of anilines is 1. The monoisotopic (exact) mass is 430 g/mol. The lowest BCUT2D eigenvalue weighted by molar-refractivity contribution is 0.102. The van der Waals surface area contributed by atoms with Crippen LogP contribution in [0.4, 0.5) is 9.52 Å². The predicted octanol–water partition coefficient (Wildman–Crippen LogP) is 4.57. The molecule has 0 aliphatic carbocycles. The summed E-state index contributed by atoms with van der Waals surface area (Å²) in [5.41, 5.74) is 2.41. The fourth-order valence-corrected chi connectivity index (χ4v) is 3.82. The second-order valence-electron chi connectivity index (χ2n) is 6.57. The summed E-state index contributed by atoms with van der Waals surface area (Å²) in [4.78, 5) is 21.8. The number of rotatable bonds is 5. The van der Waals surface area contributed by atoms with E-state index in [1.54, 1.807) is 27.6 Å². The molecule has 5 aromatic rings. The van der Waals surface area contributed by atoms with Gasteiger partial charge in [-0.25, -0.2) is 14.1 Å². The summed E-state index contributed by atoms with van der Waals surface area (Å²) >= 11 is 1.32. The van der Waals surface area contributed by atoms with E-state index in [-0.39, 0.29) is 11.7 Å². The van der Waals surface area contributed by atoms with Crippen LogP contribution in [0.5, 0.6) is 0 Å². The van der Waals surface area contributed by atoms with Gasteiger partial charge in [-0.05, 0) is 48.5 Å². The van der Waals surface area contributed by atoms with E-state index < -0.39 is 0 Å². The van der Waals surface area contributed by atoms with Crippen molar-refractivity contribution in [3.63, 3.8) is 0 Å². The predicted molar refractivity (Wildman–Crippen MR) is 116 cm³/mol. The number of amides is 1. The minimum Gasteiger partial charge on any atom is -0.308 e. The summed E-state index contributed by atoms with van der Waals surface area (Å²) in [6.07, 6.45) is 6.81. The van der Waals surface area contributed by atoms with E-state index in [4.69, 9.17) is 0 Å². The SMILES string of the molecule is O=C(Nc1nc(-c2ccccn2)cs1)c1cnn(-c2ccc(F)cc2)c1-n1cccc1. The highest BCUT2D eigenvalue weighted by Gasteiger charge is 2.21. The topological polar surface area (TPSA) is 77.6 Å². The van der Waals surface area contributed by atoms with Crippen LogP contribution in [0.25, 0.3) is 22.9 Å². The number of halogens is 1. The average Bonchev–Trinajstić information content (AvgIpc) is 3.55. The molecule has 4 heterocycles. The lowest BCUT2D eigenvalue weighted by atomic mass is 10.2. The van der Waals surface area contributed by atoms with Crippen LogP contribution >= 0.6 is 11.3 Å². The Labute approximate surface area is 180 Å². The number of pyridine rings is 1. The molecule has 0 aliphatic heterocycles. The van der Waals surface area contributed by atoms with Gasteiger partial charge < -0.3 is 4.57 Å². The zero-order valence-corrected chi connectivity index (χ0v) is 16.8. The lowest BCUT2D eigenvalue weighted by Gasteiger charge is -2.10. The normalized spacial score (nSPS) is 10.9. The highest BCUT2D eigenvalue weighted by atomic mass is 32.1. The zero-order valence-electron chi connectivity index (χ0n) is 16.0. The molecular formula is C22H15FN6OS. The first-order chi connectivity index (χ1) is 15.2. The molecule has 4 aromatic heterocycles. The van der Waals surface area contributed by atoms with Crippen LogP contribution in [0.15, 0.2) is 84.8 Å². The Morgan fingerprint density at radius 1 is 1.00 bits per heavy atom. The van der Waals surface area contributed by atoms with Gasteiger partial charge >= 0.3 is 0 Å². The van der Waals surface area contributed by atoms with Crippen molar-refractivity contribution in [1.29, 1.82) is 0 Å². The van der Waals surface area contributed by atoms with Crippen molar-refractivity contribution in [3.05, 3.63) is 96.1 Å². The number of hydrogen-bond donors (Lipinski definition) is 1. The van der Waals surface area contributed by atoms with Crippen LogP contribution < -0.4 is 5.32 Å². The molecule has 0 unspecified atom stereocenters. The standard InChI is InChI=1S/C22H15FN6OS/c23-15-6-8-16(9-7-15)29-21(28-11-3-4-12-28)17(13-25-29)20(30)27-22-26-19(14-31-22)18-5-1-2-10-24-18/h1-14H,(H,26,27,30). The second kappa shape index (κ2) is 7.96. The summed E-state index contributed by atoms with van der Waals surface area (Å²) in [5, 5.41) is 9.51. The number of carbonyl (C=O) groups is 1. The second-order valence-corrected chi connectivity index (χ2v) is 7.43. The molecule has 0 saturated carbocycles. The van der Waals surface area contributed by atoms with Crippen molar-refractivity contribution in [1.82, 2.24) is 24.3 Å². The van der Waals surface area contributed by atoms with Crippen molar-refractivity contribution in [2.24, 2.45) is 0 Å². The van der Waals surface area contributed by atoms with Crippen LogP contribution in [0.3, 0.4) is 0 Å². The fourth-order valence-electron chi connectivity index (χ4n) is 3.13. The van der Waals surface area contributed by atoms with Gasteiger partial charge in [-0.15, -0.1) is 11.3 Å². The number of aromatic nitrogens is 5. The third-order valence-corrected chi connectivity index (χ3v) is 5.32. The lowest BCUT2D eigenvalue weighted by Crippen LogP contribution is -2.15. The van der Waals surface area contributed by atoms with Gasteiger partial charge in [-0.1, -0.05) is 6.07 Å². The van der Waals surface area contributed by atoms with Gasteiger partial charge in [-0.3, -0.25) is 15.1 Å². The Kier molecular flexibility index (Phi) is 4.85. The van der Waals surface area contributed by atoms with E-state index in [9.17, 15) is 9.18 Å². The quantitative estimate of drug-likeness (QED) is 0.443. The molecular weight excluding hydrogens is 415 g/mol. The Morgan fingerprint density at radius 3 is 2.55 bits per heavy atom. The van der Waals surface area contributed by atoms with E-state index in [0.29, 0.717) is 27.9 Å². The minimum absolute atomic E-state index is 0.344. The molecule has 0 aliphatic rings. The first kappa shape index (κ1) is 18.9. The molecule has 0 atom stereocenters. The molecule has 0 saturated heterocycles. The van der Waals surface area contributed by atoms with E-state index in [1.807, 2.05) is 48.1 Å². The summed E-state index contributed by atoms with van der Waals surface area (Å²) in [7, 11) is 0. The number of hydrogen-bond acceptors (Lipinski definition) is 5. The van der Waals surface area contributed by atoms with Crippen molar-refractivity contribution in [3.8, 4) is 22.9 Å². The summed E-state index contributed by atoms with van der Waals surface area (Å²) in [6.45, 7) is 0. The highest BCUT2D eigenvalue weighted by Crippen LogP contribution is 2.25.